The predicted molar refractivity (Wildman–Crippen MR) is 72.3 cm³/mol. The summed E-state index contributed by atoms with van der Waals surface area (Å²) in [7, 11) is 0. The molecule has 1 atom stereocenters. The fourth-order valence-electron chi connectivity index (χ4n) is 1.83. The predicted octanol–water partition coefficient (Wildman–Crippen LogP) is 0.241. The average molecular weight is 295 g/mol. The molecule has 0 aromatic carbocycles. The number of anilines is 1. The summed E-state index contributed by atoms with van der Waals surface area (Å²) in [6.07, 6.45) is 0.469. The average Bonchev–Trinajstić information content (AvgIpc) is 2.80. The van der Waals surface area contributed by atoms with Crippen molar-refractivity contribution in [2.24, 2.45) is 0 Å². The monoisotopic (exact) mass is 295 g/mol. The molecule has 3 N–H and O–H groups in total. The molecular weight excluding hydrogens is 282 g/mol. The summed E-state index contributed by atoms with van der Waals surface area (Å²) >= 11 is 1.16. The van der Waals surface area contributed by atoms with Gasteiger partial charge in [-0.1, -0.05) is 0 Å². The smallest absolute Gasteiger partial charge is 0.264 e. The van der Waals surface area contributed by atoms with Crippen LogP contribution in [0.2, 0.25) is 0 Å². The minimum Gasteiger partial charge on any atom is -0.339 e. The highest BCUT2D eigenvalue weighted by atomic mass is 32.1. The van der Waals surface area contributed by atoms with E-state index in [1.54, 1.807) is 11.4 Å². The lowest BCUT2D eigenvalue weighted by molar-refractivity contribution is -0.134. The van der Waals surface area contributed by atoms with Crippen molar-refractivity contribution in [3.63, 3.8) is 0 Å². The molecule has 2 rings (SSSR count). The minimum atomic E-state index is -0.729. The van der Waals surface area contributed by atoms with Crippen LogP contribution in [-0.4, -0.2) is 29.7 Å². The van der Waals surface area contributed by atoms with E-state index < -0.39 is 17.9 Å². The van der Waals surface area contributed by atoms with Gasteiger partial charge in [-0.05, 0) is 17.9 Å². The first kappa shape index (κ1) is 14.2. The van der Waals surface area contributed by atoms with E-state index in [2.05, 4.69) is 16.0 Å². The fourth-order valence-corrected chi connectivity index (χ4v) is 2.58. The maximum Gasteiger partial charge on any atom is 0.264 e. The number of hydrogen-bond acceptors (Lipinski definition) is 5. The quantitative estimate of drug-likeness (QED) is 0.695. The van der Waals surface area contributed by atoms with Gasteiger partial charge in [-0.15, -0.1) is 11.3 Å². The van der Waals surface area contributed by atoms with Crippen LogP contribution in [0.25, 0.3) is 0 Å². The van der Waals surface area contributed by atoms with E-state index in [1.165, 1.54) is 6.92 Å². The molecule has 0 bridgehead atoms. The molecule has 8 heteroatoms. The molecule has 1 aromatic rings. The van der Waals surface area contributed by atoms with Gasteiger partial charge in [-0.3, -0.25) is 24.5 Å². The normalized spacial score (nSPS) is 18.4. The highest BCUT2D eigenvalue weighted by molar-refractivity contribution is 7.12. The number of piperidine rings is 1. The standard InChI is InChI=1S/C12H13N3O4S/c1-6(16)13-7-4-5-20-10(7)12(19)14-8-2-3-9(17)15-11(8)18/h4-5,8H,2-3H2,1H3,(H,13,16)(H,14,19)(H,15,17,18). The van der Waals surface area contributed by atoms with Crippen LogP contribution in [0.1, 0.15) is 29.4 Å². The van der Waals surface area contributed by atoms with Gasteiger partial charge in [0, 0.05) is 13.3 Å². The van der Waals surface area contributed by atoms with Crippen molar-refractivity contribution >= 4 is 40.7 Å². The summed E-state index contributed by atoms with van der Waals surface area (Å²) in [6, 6.07) is 0.887. The molecule has 1 fully saturated rings. The molecule has 1 saturated heterocycles. The van der Waals surface area contributed by atoms with E-state index >= 15 is 0 Å². The van der Waals surface area contributed by atoms with Gasteiger partial charge >= 0.3 is 0 Å². The first-order chi connectivity index (χ1) is 9.47. The lowest BCUT2D eigenvalue weighted by Gasteiger charge is -2.21. The Morgan fingerprint density at radius 3 is 2.80 bits per heavy atom. The molecule has 1 aliphatic rings. The summed E-state index contributed by atoms with van der Waals surface area (Å²) < 4.78 is 0. The van der Waals surface area contributed by atoms with Crippen molar-refractivity contribution < 1.29 is 19.2 Å². The van der Waals surface area contributed by atoms with Gasteiger partial charge in [0.15, 0.2) is 0 Å². The third-order valence-corrected chi connectivity index (χ3v) is 3.64. The number of carbonyl (C=O) groups is 4. The molecule has 1 unspecified atom stereocenters. The lowest BCUT2D eigenvalue weighted by atomic mass is 10.1. The number of carbonyl (C=O) groups excluding carboxylic acids is 4. The Morgan fingerprint density at radius 2 is 2.15 bits per heavy atom. The summed E-state index contributed by atoms with van der Waals surface area (Å²) in [6.45, 7) is 1.35. The number of hydrogen-bond donors (Lipinski definition) is 3. The van der Waals surface area contributed by atoms with Crippen molar-refractivity contribution in [1.29, 1.82) is 0 Å². The van der Waals surface area contributed by atoms with E-state index in [1.807, 2.05) is 0 Å². The van der Waals surface area contributed by atoms with E-state index in [0.717, 1.165) is 11.3 Å². The summed E-state index contributed by atoms with van der Waals surface area (Å²) in [5, 5.41) is 8.95. The van der Waals surface area contributed by atoms with Crippen LogP contribution in [0.5, 0.6) is 0 Å². The highest BCUT2D eigenvalue weighted by Crippen LogP contribution is 2.22. The fraction of sp³-hybridized carbons (Fsp3) is 0.333. The maximum atomic E-state index is 12.1. The van der Waals surface area contributed by atoms with E-state index in [4.69, 9.17) is 0 Å². The van der Waals surface area contributed by atoms with Gasteiger partial charge < -0.3 is 10.6 Å². The summed E-state index contributed by atoms with van der Waals surface area (Å²) in [5.74, 6) is -1.57. The van der Waals surface area contributed by atoms with Crippen LogP contribution in [0.4, 0.5) is 5.69 Å². The van der Waals surface area contributed by atoms with Crippen molar-refractivity contribution in [1.82, 2.24) is 10.6 Å². The van der Waals surface area contributed by atoms with E-state index in [9.17, 15) is 19.2 Å². The Bertz CT molecular complexity index is 581. The van der Waals surface area contributed by atoms with E-state index in [-0.39, 0.29) is 24.7 Å². The molecule has 4 amide bonds. The van der Waals surface area contributed by atoms with Crippen LogP contribution in [0.15, 0.2) is 11.4 Å². The minimum absolute atomic E-state index is 0.194. The molecule has 0 spiro atoms. The molecule has 20 heavy (non-hydrogen) atoms. The Kier molecular flexibility index (Phi) is 4.14. The van der Waals surface area contributed by atoms with Crippen LogP contribution < -0.4 is 16.0 Å². The first-order valence-electron chi connectivity index (χ1n) is 5.97. The molecular formula is C12H13N3O4S. The van der Waals surface area contributed by atoms with Crippen molar-refractivity contribution in [2.45, 2.75) is 25.8 Å². The van der Waals surface area contributed by atoms with Gasteiger partial charge in [-0.25, -0.2) is 0 Å². The third-order valence-electron chi connectivity index (χ3n) is 2.73. The highest BCUT2D eigenvalue weighted by Gasteiger charge is 2.29. The van der Waals surface area contributed by atoms with Crippen LogP contribution >= 0.6 is 11.3 Å². The number of imide groups is 1. The number of amides is 4. The SMILES string of the molecule is CC(=O)Nc1ccsc1C(=O)NC1CCC(=O)NC1=O. The van der Waals surface area contributed by atoms with Gasteiger partial charge in [-0.2, -0.15) is 0 Å². The van der Waals surface area contributed by atoms with Gasteiger partial charge in [0.2, 0.25) is 17.7 Å². The first-order valence-corrected chi connectivity index (χ1v) is 6.85. The van der Waals surface area contributed by atoms with Crippen LogP contribution in [0, 0.1) is 0 Å². The molecule has 1 aromatic heterocycles. The van der Waals surface area contributed by atoms with Gasteiger partial charge in [0.1, 0.15) is 10.9 Å². The lowest BCUT2D eigenvalue weighted by Crippen LogP contribution is -2.52. The molecule has 7 nitrogen and oxygen atoms in total. The number of thiophene rings is 1. The second-order valence-electron chi connectivity index (χ2n) is 4.32. The zero-order valence-corrected chi connectivity index (χ0v) is 11.5. The maximum absolute atomic E-state index is 12.1. The zero-order chi connectivity index (χ0) is 14.7. The molecule has 106 valence electrons. The number of rotatable bonds is 3. The van der Waals surface area contributed by atoms with Crippen LogP contribution in [-0.2, 0) is 14.4 Å². The summed E-state index contributed by atoms with van der Waals surface area (Å²) in [4.78, 5) is 46.0. The van der Waals surface area contributed by atoms with Gasteiger partial charge in [0.25, 0.3) is 5.91 Å². The molecule has 0 radical (unpaired) electrons. The summed E-state index contributed by atoms with van der Waals surface area (Å²) in [5.41, 5.74) is 0.410. The largest absolute Gasteiger partial charge is 0.339 e. The Hall–Kier alpha value is -2.22. The van der Waals surface area contributed by atoms with Crippen molar-refractivity contribution in [3.8, 4) is 0 Å². The second-order valence-corrected chi connectivity index (χ2v) is 5.24. The number of nitrogens with one attached hydrogen (secondary N) is 3. The van der Waals surface area contributed by atoms with Gasteiger partial charge in [0.05, 0.1) is 5.69 Å². The molecule has 0 aliphatic carbocycles. The zero-order valence-electron chi connectivity index (χ0n) is 10.7. The van der Waals surface area contributed by atoms with Crippen molar-refractivity contribution in [3.05, 3.63) is 16.3 Å². The molecule has 1 aliphatic heterocycles. The third kappa shape index (κ3) is 3.21. The van der Waals surface area contributed by atoms with Crippen LogP contribution in [0.3, 0.4) is 0 Å². The van der Waals surface area contributed by atoms with Crippen molar-refractivity contribution in [2.75, 3.05) is 5.32 Å². The second kappa shape index (κ2) is 5.83. The molecule has 0 saturated carbocycles. The Labute approximate surface area is 118 Å². The molecule has 2 heterocycles. The Morgan fingerprint density at radius 1 is 1.40 bits per heavy atom. The van der Waals surface area contributed by atoms with E-state index in [0.29, 0.717) is 10.6 Å². The topological polar surface area (TPSA) is 104 Å². The Balaban J connectivity index is 2.05.